The Morgan fingerprint density at radius 1 is 1.36 bits per heavy atom. The van der Waals surface area contributed by atoms with Gasteiger partial charge in [-0.1, -0.05) is 35.0 Å². The number of hydrogen-bond donors (Lipinski definition) is 1. The molecule has 0 bridgehead atoms. The monoisotopic (exact) mass is 430 g/mol. The molecule has 25 heavy (non-hydrogen) atoms. The average molecular weight is 431 g/mol. The Morgan fingerprint density at radius 2 is 2.04 bits per heavy atom. The summed E-state index contributed by atoms with van der Waals surface area (Å²) in [5.41, 5.74) is 1.22. The van der Waals surface area contributed by atoms with Gasteiger partial charge in [-0.2, -0.15) is 4.31 Å². The number of nitrogens with one attached hydrogen (secondary N) is 1. The standard InChI is InChI=1S/C18H27BrN2O3S/c1-3-13-25(23,24)21-12-4-5-17(21)18(22)20-14(2)6-7-15-8-10-16(19)11-9-15/h8-11,14,17H,3-7,12-13H2,1-2H3,(H,20,22). The maximum atomic E-state index is 12.5. The van der Waals surface area contributed by atoms with Crippen LogP contribution < -0.4 is 5.32 Å². The predicted molar refractivity (Wildman–Crippen MR) is 104 cm³/mol. The summed E-state index contributed by atoms with van der Waals surface area (Å²) in [6, 6.07) is 7.60. The third-order valence-corrected chi connectivity index (χ3v) is 7.10. The maximum absolute atomic E-state index is 12.5. The Kier molecular flexibility index (Phi) is 7.46. The van der Waals surface area contributed by atoms with Gasteiger partial charge in [0.1, 0.15) is 6.04 Å². The highest BCUT2D eigenvalue weighted by molar-refractivity contribution is 9.10. The highest BCUT2D eigenvalue weighted by Gasteiger charge is 2.38. The Hall–Kier alpha value is -0.920. The first-order chi connectivity index (χ1) is 11.8. The number of benzene rings is 1. The van der Waals surface area contributed by atoms with Crippen molar-refractivity contribution in [1.82, 2.24) is 9.62 Å². The van der Waals surface area contributed by atoms with E-state index in [1.807, 2.05) is 26.0 Å². The molecule has 0 spiro atoms. The minimum atomic E-state index is -3.33. The van der Waals surface area contributed by atoms with Gasteiger partial charge < -0.3 is 5.32 Å². The minimum absolute atomic E-state index is 0.00692. The number of halogens is 1. The zero-order valence-corrected chi connectivity index (χ0v) is 17.3. The molecule has 1 aromatic carbocycles. The second-order valence-corrected chi connectivity index (χ2v) is 9.62. The Bertz CT molecular complexity index is 676. The Labute approximate surface area is 159 Å². The van der Waals surface area contributed by atoms with Crippen LogP contribution in [0.1, 0.15) is 45.1 Å². The highest BCUT2D eigenvalue weighted by atomic mass is 79.9. The van der Waals surface area contributed by atoms with Crippen LogP contribution in [-0.2, 0) is 21.2 Å². The van der Waals surface area contributed by atoms with Crippen LogP contribution in [0.15, 0.2) is 28.7 Å². The molecule has 1 N–H and O–H groups in total. The van der Waals surface area contributed by atoms with Gasteiger partial charge in [0.05, 0.1) is 5.75 Å². The van der Waals surface area contributed by atoms with Gasteiger partial charge in [-0.15, -0.1) is 0 Å². The summed E-state index contributed by atoms with van der Waals surface area (Å²) in [5.74, 6) is -0.0592. The molecule has 2 atom stereocenters. The number of aryl methyl sites for hydroxylation is 1. The highest BCUT2D eigenvalue weighted by Crippen LogP contribution is 2.22. The van der Waals surface area contributed by atoms with Gasteiger partial charge in [0.15, 0.2) is 0 Å². The third-order valence-electron chi connectivity index (χ3n) is 4.49. The molecular weight excluding hydrogens is 404 g/mol. The molecule has 2 unspecified atom stereocenters. The van der Waals surface area contributed by atoms with Gasteiger partial charge in [0.2, 0.25) is 15.9 Å². The van der Waals surface area contributed by atoms with Crippen molar-refractivity contribution in [3.63, 3.8) is 0 Å². The van der Waals surface area contributed by atoms with Crippen molar-refractivity contribution < 1.29 is 13.2 Å². The van der Waals surface area contributed by atoms with Crippen molar-refractivity contribution in [1.29, 1.82) is 0 Å². The lowest BCUT2D eigenvalue weighted by Gasteiger charge is -2.25. The van der Waals surface area contributed by atoms with Crippen molar-refractivity contribution >= 4 is 31.9 Å². The molecule has 1 saturated heterocycles. The van der Waals surface area contributed by atoms with E-state index >= 15 is 0 Å². The topological polar surface area (TPSA) is 66.5 Å². The zero-order chi connectivity index (χ0) is 18.4. The molecular formula is C18H27BrN2O3S. The molecule has 1 aliphatic rings. The molecule has 0 aliphatic carbocycles. The van der Waals surface area contributed by atoms with Crippen molar-refractivity contribution in [2.75, 3.05) is 12.3 Å². The zero-order valence-electron chi connectivity index (χ0n) is 14.9. The van der Waals surface area contributed by atoms with Crippen LogP contribution in [0.2, 0.25) is 0 Å². The van der Waals surface area contributed by atoms with E-state index in [0.29, 0.717) is 19.4 Å². The minimum Gasteiger partial charge on any atom is -0.352 e. The van der Waals surface area contributed by atoms with Gasteiger partial charge in [-0.05, 0) is 56.7 Å². The van der Waals surface area contributed by atoms with E-state index in [-0.39, 0.29) is 17.7 Å². The predicted octanol–water partition coefficient (Wildman–Crippen LogP) is 3.09. The van der Waals surface area contributed by atoms with Crippen LogP contribution in [0.5, 0.6) is 0 Å². The largest absolute Gasteiger partial charge is 0.352 e. The SMILES string of the molecule is CCCS(=O)(=O)N1CCCC1C(=O)NC(C)CCc1ccc(Br)cc1. The molecule has 5 nitrogen and oxygen atoms in total. The molecule has 1 heterocycles. The second-order valence-electron chi connectivity index (χ2n) is 6.66. The van der Waals surface area contributed by atoms with E-state index < -0.39 is 16.1 Å². The lowest BCUT2D eigenvalue weighted by molar-refractivity contribution is -0.124. The van der Waals surface area contributed by atoms with Crippen LogP contribution in [-0.4, -0.2) is 43.0 Å². The average Bonchev–Trinajstić information content (AvgIpc) is 3.05. The lowest BCUT2D eigenvalue weighted by atomic mass is 10.1. The number of hydrogen-bond acceptors (Lipinski definition) is 3. The summed E-state index contributed by atoms with van der Waals surface area (Å²) in [5, 5.41) is 2.99. The summed E-state index contributed by atoms with van der Waals surface area (Å²) in [6.07, 6.45) is 3.61. The van der Waals surface area contributed by atoms with Crippen molar-refractivity contribution in [2.45, 2.75) is 58.0 Å². The molecule has 0 radical (unpaired) electrons. The van der Waals surface area contributed by atoms with Gasteiger partial charge in [0.25, 0.3) is 0 Å². The van der Waals surface area contributed by atoms with Crippen molar-refractivity contribution in [2.24, 2.45) is 0 Å². The lowest BCUT2D eigenvalue weighted by Crippen LogP contribution is -2.48. The third kappa shape index (κ3) is 5.79. The summed E-state index contributed by atoms with van der Waals surface area (Å²) in [7, 11) is -3.33. The smallest absolute Gasteiger partial charge is 0.238 e. The van der Waals surface area contributed by atoms with Gasteiger partial charge >= 0.3 is 0 Å². The number of rotatable bonds is 8. The Balaban J connectivity index is 1.88. The summed E-state index contributed by atoms with van der Waals surface area (Å²) in [6.45, 7) is 4.26. The number of sulfonamides is 1. The van der Waals surface area contributed by atoms with Crippen LogP contribution in [0, 0.1) is 0 Å². The quantitative estimate of drug-likeness (QED) is 0.688. The first-order valence-corrected chi connectivity index (χ1v) is 11.3. The van der Waals surface area contributed by atoms with Crippen molar-refractivity contribution in [3.05, 3.63) is 34.3 Å². The molecule has 0 saturated carbocycles. The van der Waals surface area contributed by atoms with Crippen LogP contribution in [0.4, 0.5) is 0 Å². The summed E-state index contributed by atoms with van der Waals surface area (Å²) >= 11 is 3.42. The maximum Gasteiger partial charge on any atom is 0.238 e. The summed E-state index contributed by atoms with van der Waals surface area (Å²) in [4.78, 5) is 12.5. The molecule has 1 aromatic rings. The van der Waals surface area contributed by atoms with Gasteiger partial charge in [0, 0.05) is 17.1 Å². The summed E-state index contributed by atoms with van der Waals surface area (Å²) < 4.78 is 27.1. The Morgan fingerprint density at radius 3 is 2.68 bits per heavy atom. The second kappa shape index (κ2) is 9.14. The van der Waals surface area contributed by atoms with Crippen molar-refractivity contribution in [3.8, 4) is 0 Å². The van der Waals surface area contributed by atoms with E-state index in [4.69, 9.17) is 0 Å². The van der Waals surface area contributed by atoms with E-state index in [2.05, 4.69) is 33.4 Å². The molecule has 140 valence electrons. The fourth-order valence-electron chi connectivity index (χ4n) is 3.16. The molecule has 0 aromatic heterocycles. The first-order valence-electron chi connectivity index (χ1n) is 8.88. The molecule has 1 aliphatic heterocycles. The fraction of sp³-hybridized carbons (Fsp3) is 0.611. The normalized spacial score (nSPS) is 19.7. The molecule has 7 heteroatoms. The van der Waals surface area contributed by atoms with E-state index in [9.17, 15) is 13.2 Å². The van der Waals surface area contributed by atoms with E-state index in [1.54, 1.807) is 0 Å². The van der Waals surface area contributed by atoms with Gasteiger partial charge in [-0.25, -0.2) is 8.42 Å². The number of nitrogens with zero attached hydrogens (tertiary/aromatic N) is 1. The molecule has 1 fully saturated rings. The van der Waals surface area contributed by atoms with E-state index in [1.165, 1.54) is 9.87 Å². The molecule has 1 amide bonds. The van der Waals surface area contributed by atoms with Crippen LogP contribution >= 0.6 is 15.9 Å². The van der Waals surface area contributed by atoms with Crippen LogP contribution in [0.3, 0.4) is 0 Å². The molecule has 2 rings (SSSR count). The van der Waals surface area contributed by atoms with Crippen LogP contribution in [0.25, 0.3) is 0 Å². The first kappa shape index (κ1) is 20.4. The number of carbonyl (C=O) groups excluding carboxylic acids is 1. The van der Waals surface area contributed by atoms with Gasteiger partial charge in [-0.3, -0.25) is 4.79 Å². The fourth-order valence-corrected chi connectivity index (χ4v) is 5.17. The number of amides is 1. The van der Waals surface area contributed by atoms with E-state index in [0.717, 1.165) is 23.7 Å². The number of carbonyl (C=O) groups is 1.